The third-order valence-electron chi connectivity index (χ3n) is 4.06. The molecule has 0 bridgehead atoms. The Hall–Kier alpha value is -3.87. The summed E-state index contributed by atoms with van der Waals surface area (Å²) in [5, 5.41) is 14.7. The molecule has 0 atom stereocenters. The molecule has 0 aliphatic heterocycles. The average Bonchev–Trinajstić information content (AvgIpc) is 2.68. The molecule has 0 spiro atoms. The van der Waals surface area contributed by atoms with Gasteiger partial charge in [-0.05, 0) is 36.4 Å². The van der Waals surface area contributed by atoms with Crippen LogP contribution in [0.15, 0.2) is 72.8 Å². The zero-order chi connectivity index (χ0) is 18.8. The van der Waals surface area contributed by atoms with Crippen molar-refractivity contribution in [1.82, 2.24) is 9.97 Å². The van der Waals surface area contributed by atoms with Gasteiger partial charge in [-0.1, -0.05) is 24.3 Å². The van der Waals surface area contributed by atoms with Gasteiger partial charge in [0.15, 0.2) is 5.82 Å². The number of rotatable bonds is 4. The van der Waals surface area contributed by atoms with E-state index in [4.69, 9.17) is 0 Å². The lowest BCUT2D eigenvalue weighted by atomic mass is 10.1. The summed E-state index contributed by atoms with van der Waals surface area (Å²) in [6, 6.07) is 19.7. The fraction of sp³-hybridized carbons (Fsp3) is 0. The lowest BCUT2D eigenvalue weighted by Gasteiger charge is -2.11. The highest BCUT2D eigenvalue weighted by molar-refractivity contribution is 5.92. The number of para-hydroxylation sites is 1. The SMILES string of the molecule is O=[N+]([O-])c1ccc(Nc2nc(-c3ccccc3F)nc3ccccc23)cc1. The topological polar surface area (TPSA) is 81.0 Å². The zero-order valence-corrected chi connectivity index (χ0v) is 14.0. The maximum absolute atomic E-state index is 14.2. The quantitative estimate of drug-likeness (QED) is 0.405. The van der Waals surface area contributed by atoms with E-state index in [1.807, 2.05) is 24.3 Å². The summed E-state index contributed by atoms with van der Waals surface area (Å²) in [5.41, 5.74) is 1.59. The van der Waals surface area contributed by atoms with Gasteiger partial charge < -0.3 is 5.32 Å². The van der Waals surface area contributed by atoms with E-state index < -0.39 is 10.7 Å². The van der Waals surface area contributed by atoms with E-state index in [-0.39, 0.29) is 11.5 Å². The second-order valence-corrected chi connectivity index (χ2v) is 5.82. The Morgan fingerprint density at radius 3 is 2.33 bits per heavy atom. The Morgan fingerprint density at radius 2 is 1.59 bits per heavy atom. The number of fused-ring (bicyclic) bond motifs is 1. The van der Waals surface area contributed by atoms with E-state index >= 15 is 0 Å². The molecule has 1 N–H and O–H groups in total. The molecule has 0 fully saturated rings. The molecular weight excluding hydrogens is 347 g/mol. The molecule has 1 aromatic heterocycles. The normalized spacial score (nSPS) is 10.7. The minimum Gasteiger partial charge on any atom is -0.340 e. The van der Waals surface area contributed by atoms with E-state index in [1.165, 1.54) is 18.2 Å². The molecule has 0 aliphatic rings. The van der Waals surface area contributed by atoms with Gasteiger partial charge >= 0.3 is 0 Å². The van der Waals surface area contributed by atoms with Crippen LogP contribution in [0.3, 0.4) is 0 Å². The van der Waals surface area contributed by atoms with Crippen molar-refractivity contribution >= 4 is 28.1 Å². The van der Waals surface area contributed by atoms with Gasteiger partial charge in [0.05, 0.1) is 16.0 Å². The summed E-state index contributed by atoms with van der Waals surface area (Å²) in [4.78, 5) is 19.3. The summed E-state index contributed by atoms with van der Waals surface area (Å²) >= 11 is 0. The van der Waals surface area contributed by atoms with Gasteiger partial charge in [-0.3, -0.25) is 10.1 Å². The maximum Gasteiger partial charge on any atom is 0.269 e. The Bertz CT molecular complexity index is 1150. The molecule has 27 heavy (non-hydrogen) atoms. The van der Waals surface area contributed by atoms with E-state index in [2.05, 4.69) is 15.3 Å². The third kappa shape index (κ3) is 3.30. The first-order valence-electron chi connectivity index (χ1n) is 8.15. The minimum atomic E-state index is -0.458. The monoisotopic (exact) mass is 360 g/mol. The molecule has 3 aromatic carbocycles. The van der Waals surface area contributed by atoms with Gasteiger partial charge in [0.1, 0.15) is 11.6 Å². The predicted molar refractivity (Wildman–Crippen MR) is 101 cm³/mol. The van der Waals surface area contributed by atoms with E-state index in [1.54, 1.807) is 30.3 Å². The maximum atomic E-state index is 14.2. The number of non-ortho nitro benzene ring substituents is 1. The standard InChI is InChI=1S/C20H13FN4O2/c21-17-7-3-1-5-15(17)19-23-18-8-4-2-6-16(18)20(24-19)22-13-9-11-14(12-10-13)25(26)27/h1-12H,(H,22,23,24). The van der Waals surface area contributed by atoms with Crippen molar-refractivity contribution in [3.8, 4) is 11.4 Å². The molecule has 0 amide bonds. The molecule has 0 aliphatic carbocycles. The molecule has 132 valence electrons. The number of anilines is 2. The molecule has 0 saturated carbocycles. The lowest BCUT2D eigenvalue weighted by Crippen LogP contribution is -2.00. The highest BCUT2D eigenvalue weighted by atomic mass is 19.1. The van der Waals surface area contributed by atoms with E-state index in [0.717, 1.165) is 5.39 Å². The molecule has 0 unspecified atom stereocenters. The summed E-state index contributed by atoms with van der Waals surface area (Å²) in [6.45, 7) is 0. The summed E-state index contributed by atoms with van der Waals surface area (Å²) < 4.78 is 14.2. The molecule has 1 heterocycles. The first kappa shape index (κ1) is 16.6. The predicted octanol–water partition coefficient (Wildman–Crippen LogP) is 5.09. The van der Waals surface area contributed by atoms with E-state index in [9.17, 15) is 14.5 Å². The van der Waals surface area contributed by atoms with Gasteiger partial charge in [0, 0.05) is 23.2 Å². The van der Waals surface area contributed by atoms with Gasteiger partial charge in [-0.15, -0.1) is 0 Å². The van der Waals surface area contributed by atoms with Crippen LogP contribution in [0.25, 0.3) is 22.3 Å². The molecule has 4 rings (SSSR count). The van der Waals surface area contributed by atoms with Crippen molar-refractivity contribution in [3.05, 3.63) is 88.7 Å². The second kappa shape index (κ2) is 6.80. The number of benzene rings is 3. The molecule has 4 aromatic rings. The van der Waals surface area contributed by atoms with Crippen LogP contribution < -0.4 is 5.32 Å². The highest BCUT2D eigenvalue weighted by Gasteiger charge is 2.13. The number of nitro groups is 1. The Morgan fingerprint density at radius 1 is 0.889 bits per heavy atom. The Labute approximate surface area is 153 Å². The first-order chi connectivity index (χ1) is 13.1. The summed E-state index contributed by atoms with van der Waals surface area (Å²) in [7, 11) is 0. The molecular formula is C20H13FN4O2. The van der Waals surface area contributed by atoms with Crippen molar-refractivity contribution in [2.24, 2.45) is 0 Å². The molecule has 6 nitrogen and oxygen atoms in total. The molecule has 0 saturated heterocycles. The van der Waals surface area contributed by atoms with Crippen molar-refractivity contribution in [3.63, 3.8) is 0 Å². The number of hydrogen-bond donors (Lipinski definition) is 1. The van der Waals surface area contributed by atoms with Crippen LogP contribution in [0.4, 0.5) is 21.6 Å². The van der Waals surface area contributed by atoms with Crippen LogP contribution >= 0.6 is 0 Å². The average molecular weight is 360 g/mol. The smallest absolute Gasteiger partial charge is 0.269 e. The number of nitrogens with one attached hydrogen (secondary N) is 1. The van der Waals surface area contributed by atoms with Crippen LogP contribution in [0, 0.1) is 15.9 Å². The van der Waals surface area contributed by atoms with Crippen LogP contribution in [0.5, 0.6) is 0 Å². The second-order valence-electron chi connectivity index (χ2n) is 5.82. The van der Waals surface area contributed by atoms with Crippen molar-refractivity contribution < 1.29 is 9.31 Å². The Balaban J connectivity index is 1.81. The lowest BCUT2D eigenvalue weighted by molar-refractivity contribution is -0.384. The van der Waals surface area contributed by atoms with Crippen LogP contribution in [-0.2, 0) is 0 Å². The highest BCUT2D eigenvalue weighted by Crippen LogP contribution is 2.28. The molecule has 0 radical (unpaired) electrons. The van der Waals surface area contributed by atoms with Crippen LogP contribution in [0.1, 0.15) is 0 Å². The minimum absolute atomic E-state index is 0.000131. The first-order valence-corrected chi connectivity index (χ1v) is 8.15. The number of nitrogens with zero attached hydrogens (tertiary/aromatic N) is 3. The van der Waals surface area contributed by atoms with Gasteiger partial charge in [-0.2, -0.15) is 0 Å². The number of nitro benzene ring substituents is 1. The molecule has 7 heteroatoms. The van der Waals surface area contributed by atoms with Crippen molar-refractivity contribution in [1.29, 1.82) is 0 Å². The van der Waals surface area contributed by atoms with Crippen molar-refractivity contribution in [2.75, 3.05) is 5.32 Å². The summed E-state index contributed by atoms with van der Waals surface area (Å²) in [5.74, 6) is 0.345. The fourth-order valence-corrected chi connectivity index (χ4v) is 2.74. The van der Waals surface area contributed by atoms with Gasteiger partial charge in [0.2, 0.25) is 0 Å². The largest absolute Gasteiger partial charge is 0.340 e. The van der Waals surface area contributed by atoms with Crippen LogP contribution in [-0.4, -0.2) is 14.9 Å². The zero-order valence-electron chi connectivity index (χ0n) is 14.0. The third-order valence-corrected chi connectivity index (χ3v) is 4.06. The van der Waals surface area contributed by atoms with Gasteiger partial charge in [-0.25, -0.2) is 14.4 Å². The van der Waals surface area contributed by atoms with Crippen molar-refractivity contribution in [2.45, 2.75) is 0 Å². The summed E-state index contributed by atoms with van der Waals surface area (Å²) in [6.07, 6.45) is 0. The fourth-order valence-electron chi connectivity index (χ4n) is 2.74. The van der Waals surface area contributed by atoms with Gasteiger partial charge in [0.25, 0.3) is 5.69 Å². The number of hydrogen-bond acceptors (Lipinski definition) is 5. The number of halogens is 1. The Kier molecular flexibility index (Phi) is 4.18. The number of aromatic nitrogens is 2. The van der Waals surface area contributed by atoms with Crippen LogP contribution in [0.2, 0.25) is 0 Å². The van der Waals surface area contributed by atoms with E-state index in [0.29, 0.717) is 22.6 Å².